The van der Waals surface area contributed by atoms with E-state index in [0.29, 0.717) is 26.1 Å². The zero-order valence-electron chi connectivity index (χ0n) is 14.9. The van der Waals surface area contributed by atoms with Gasteiger partial charge in [-0.15, -0.1) is 18.9 Å². The highest BCUT2D eigenvalue weighted by Gasteiger charge is 2.30. The van der Waals surface area contributed by atoms with Gasteiger partial charge in [-0.3, -0.25) is 0 Å². The number of methoxy groups -OCH3 is 3. The van der Waals surface area contributed by atoms with Crippen LogP contribution in [0, 0.1) is 12.3 Å². The van der Waals surface area contributed by atoms with E-state index in [0.717, 1.165) is 0 Å². The smallest absolute Gasteiger partial charge is 0.147 e. The van der Waals surface area contributed by atoms with Crippen LogP contribution in [0.1, 0.15) is 12.8 Å². The molecule has 3 atom stereocenters. The van der Waals surface area contributed by atoms with E-state index in [2.05, 4.69) is 12.5 Å². The van der Waals surface area contributed by atoms with Crippen LogP contribution < -0.4 is 0 Å². The van der Waals surface area contributed by atoms with Gasteiger partial charge in [-0.2, -0.15) is 0 Å². The molecule has 0 rings (SSSR count). The molecule has 140 valence electrons. The zero-order valence-corrected chi connectivity index (χ0v) is 14.9. The standard InChI is InChI=1S/C17H30O7/c1-6-9-16(24-14-20-5)17(15(7-2)23-13-19-4)22-11-8-10-21-12-18-3/h1,7,15-17H,2,8-14H2,3-5H3. The molecule has 0 N–H and O–H groups in total. The molecule has 0 aromatic heterocycles. The van der Waals surface area contributed by atoms with Crippen LogP contribution in [0.3, 0.4) is 0 Å². The summed E-state index contributed by atoms with van der Waals surface area (Å²) in [5, 5.41) is 0. The van der Waals surface area contributed by atoms with Gasteiger partial charge in [0, 0.05) is 34.4 Å². The van der Waals surface area contributed by atoms with Crippen molar-refractivity contribution in [1.29, 1.82) is 0 Å². The van der Waals surface area contributed by atoms with Crippen molar-refractivity contribution in [2.24, 2.45) is 0 Å². The fourth-order valence-electron chi connectivity index (χ4n) is 1.92. The van der Waals surface area contributed by atoms with Gasteiger partial charge < -0.3 is 33.2 Å². The first-order valence-corrected chi connectivity index (χ1v) is 7.70. The number of hydrogen-bond donors (Lipinski definition) is 0. The summed E-state index contributed by atoms with van der Waals surface area (Å²) in [5.41, 5.74) is 0. The molecule has 0 saturated heterocycles. The van der Waals surface area contributed by atoms with Crippen LogP contribution in [0.15, 0.2) is 12.7 Å². The van der Waals surface area contributed by atoms with Gasteiger partial charge in [0.15, 0.2) is 0 Å². The SMILES string of the molecule is C#CCC(OCOC)C(OCCCOCOC)C(C=C)OCOC. The molecule has 0 radical (unpaired) electrons. The van der Waals surface area contributed by atoms with E-state index >= 15 is 0 Å². The molecule has 0 fully saturated rings. The third-order valence-corrected chi connectivity index (χ3v) is 2.96. The Labute approximate surface area is 145 Å². The Hall–Kier alpha value is -0.980. The van der Waals surface area contributed by atoms with E-state index in [1.807, 2.05) is 0 Å². The number of rotatable bonds is 17. The quantitative estimate of drug-likeness (QED) is 0.171. The first-order valence-electron chi connectivity index (χ1n) is 7.70. The highest BCUT2D eigenvalue weighted by molar-refractivity contribution is 4.97. The maximum Gasteiger partial charge on any atom is 0.147 e. The van der Waals surface area contributed by atoms with Gasteiger partial charge in [0.2, 0.25) is 0 Å². The lowest BCUT2D eigenvalue weighted by atomic mass is 10.0. The molecule has 7 nitrogen and oxygen atoms in total. The maximum atomic E-state index is 5.94. The minimum absolute atomic E-state index is 0.108. The van der Waals surface area contributed by atoms with E-state index < -0.39 is 18.3 Å². The highest BCUT2D eigenvalue weighted by atomic mass is 16.7. The third kappa shape index (κ3) is 10.7. The summed E-state index contributed by atoms with van der Waals surface area (Å²) in [5.74, 6) is 2.59. The van der Waals surface area contributed by atoms with Crippen molar-refractivity contribution < 1.29 is 33.2 Å². The molecule has 0 aliphatic rings. The largest absolute Gasteiger partial charge is 0.372 e. The van der Waals surface area contributed by atoms with Crippen molar-refractivity contribution in [3.8, 4) is 12.3 Å². The van der Waals surface area contributed by atoms with Gasteiger partial charge in [0.05, 0.1) is 6.61 Å². The van der Waals surface area contributed by atoms with Crippen molar-refractivity contribution in [3.05, 3.63) is 12.7 Å². The molecule has 0 aliphatic carbocycles. The lowest BCUT2D eigenvalue weighted by Crippen LogP contribution is -2.42. The molecule has 0 aromatic carbocycles. The second kappa shape index (κ2) is 16.9. The Morgan fingerprint density at radius 2 is 1.62 bits per heavy atom. The van der Waals surface area contributed by atoms with Gasteiger partial charge in [0.1, 0.15) is 38.7 Å². The average Bonchev–Trinajstić information content (AvgIpc) is 2.60. The van der Waals surface area contributed by atoms with E-state index in [-0.39, 0.29) is 20.4 Å². The molecular formula is C17H30O7. The monoisotopic (exact) mass is 346 g/mol. The van der Waals surface area contributed by atoms with E-state index in [1.165, 1.54) is 0 Å². The van der Waals surface area contributed by atoms with E-state index in [4.69, 9.17) is 39.6 Å². The second-order valence-corrected chi connectivity index (χ2v) is 4.80. The zero-order chi connectivity index (χ0) is 18.0. The maximum absolute atomic E-state index is 5.94. The number of terminal acetylenes is 1. The molecule has 0 saturated carbocycles. The van der Waals surface area contributed by atoms with Gasteiger partial charge in [-0.1, -0.05) is 6.08 Å². The van der Waals surface area contributed by atoms with Crippen molar-refractivity contribution in [3.63, 3.8) is 0 Å². The Kier molecular flexibility index (Phi) is 16.2. The predicted octanol–water partition coefficient (Wildman–Crippen LogP) is 1.57. The summed E-state index contributed by atoms with van der Waals surface area (Å²) in [6, 6.07) is 0. The summed E-state index contributed by atoms with van der Waals surface area (Å²) in [6.45, 7) is 5.24. The van der Waals surface area contributed by atoms with Crippen LogP contribution in [-0.2, 0) is 33.2 Å². The highest BCUT2D eigenvalue weighted by Crippen LogP contribution is 2.17. The van der Waals surface area contributed by atoms with E-state index in [1.54, 1.807) is 27.4 Å². The molecule has 0 bridgehead atoms. The summed E-state index contributed by atoms with van der Waals surface area (Å²) >= 11 is 0. The second-order valence-electron chi connectivity index (χ2n) is 4.80. The minimum atomic E-state index is -0.439. The first kappa shape index (κ1) is 23.0. The van der Waals surface area contributed by atoms with Crippen molar-refractivity contribution >= 4 is 0 Å². The molecule has 0 aromatic rings. The fourth-order valence-corrected chi connectivity index (χ4v) is 1.92. The van der Waals surface area contributed by atoms with Crippen molar-refractivity contribution in [1.82, 2.24) is 0 Å². The number of hydrogen-bond acceptors (Lipinski definition) is 7. The lowest BCUT2D eigenvalue weighted by molar-refractivity contribution is -0.174. The topological polar surface area (TPSA) is 64.6 Å². The Balaban J connectivity index is 4.70. The van der Waals surface area contributed by atoms with Crippen LogP contribution in [-0.4, -0.2) is 73.2 Å². The first-order chi connectivity index (χ1) is 11.7. The van der Waals surface area contributed by atoms with Gasteiger partial charge >= 0.3 is 0 Å². The lowest BCUT2D eigenvalue weighted by Gasteiger charge is -2.31. The van der Waals surface area contributed by atoms with Crippen LogP contribution >= 0.6 is 0 Å². The molecule has 0 heterocycles. The Morgan fingerprint density at radius 1 is 0.958 bits per heavy atom. The fraction of sp³-hybridized carbons (Fsp3) is 0.765. The van der Waals surface area contributed by atoms with Crippen LogP contribution in [0.2, 0.25) is 0 Å². The van der Waals surface area contributed by atoms with E-state index in [9.17, 15) is 0 Å². The summed E-state index contributed by atoms with van der Waals surface area (Å²) in [6.07, 6.45) is 6.87. The molecule has 0 spiro atoms. The van der Waals surface area contributed by atoms with Gasteiger partial charge in [-0.05, 0) is 6.42 Å². The molecule has 7 heteroatoms. The van der Waals surface area contributed by atoms with Crippen molar-refractivity contribution in [2.45, 2.75) is 31.2 Å². The summed E-state index contributed by atoms with van der Waals surface area (Å²) in [7, 11) is 4.66. The van der Waals surface area contributed by atoms with Crippen LogP contribution in [0.4, 0.5) is 0 Å². The predicted molar refractivity (Wildman–Crippen MR) is 89.3 cm³/mol. The van der Waals surface area contributed by atoms with Gasteiger partial charge in [-0.25, -0.2) is 0 Å². The Bertz CT molecular complexity index is 329. The Morgan fingerprint density at radius 3 is 2.21 bits per heavy atom. The van der Waals surface area contributed by atoms with Crippen molar-refractivity contribution in [2.75, 3.05) is 54.9 Å². The minimum Gasteiger partial charge on any atom is -0.372 e. The molecule has 0 aliphatic heterocycles. The summed E-state index contributed by atoms with van der Waals surface area (Å²) in [4.78, 5) is 0. The molecular weight excluding hydrogens is 316 g/mol. The number of ether oxygens (including phenoxy) is 7. The average molecular weight is 346 g/mol. The molecule has 24 heavy (non-hydrogen) atoms. The normalized spacial score (nSPS) is 14.8. The third-order valence-electron chi connectivity index (χ3n) is 2.96. The van der Waals surface area contributed by atoms with Crippen LogP contribution in [0.25, 0.3) is 0 Å². The molecule has 0 amide bonds. The summed E-state index contributed by atoms with van der Waals surface area (Å²) < 4.78 is 37.1. The molecule has 3 unspecified atom stereocenters. The van der Waals surface area contributed by atoms with Crippen LogP contribution in [0.5, 0.6) is 0 Å². The van der Waals surface area contributed by atoms with Gasteiger partial charge in [0.25, 0.3) is 0 Å².